The van der Waals surface area contributed by atoms with Crippen molar-refractivity contribution in [1.29, 1.82) is 0 Å². The minimum absolute atomic E-state index is 0.00893. The molecular formula is C21H29NO4. The first-order valence-electron chi connectivity index (χ1n) is 9.86. The third-order valence-electron chi connectivity index (χ3n) is 5.38. The van der Waals surface area contributed by atoms with E-state index in [9.17, 15) is 9.59 Å². The number of hydrogen-bond donors (Lipinski definition) is 1. The predicted molar refractivity (Wildman–Crippen MR) is 101 cm³/mol. The molecule has 5 nitrogen and oxygen atoms in total. The van der Waals surface area contributed by atoms with Gasteiger partial charge in [0.15, 0.2) is 6.61 Å². The average molecular weight is 359 g/mol. The van der Waals surface area contributed by atoms with Gasteiger partial charge < -0.3 is 9.47 Å². The SMILES string of the molecule is CCCc1c(C)cc2c(c1NC(=O)OCC(=O)OC1CCCC1)CCC2. The number of nitrogens with one attached hydrogen (secondary N) is 1. The second kappa shape index (κ2) is 8.56. The van der Waals surface area contributed by atoms with Gasteiger partial charge in [0.05, 0.1) is 5.69 Å². The Hall–Kier alpha value is -2.04. The van der Waals surface area contributed by atoms with Crippen molar-refractivity contribution in [3.63, 3.8) is 0 Å². The van der Waals surface area contributed by atoms with Crippen molar-refractivity contribution in [2.45, 2.75) is 77.7 Å². The lowest BCUT2D eigenvalue weighted by Crippen LogP contribution is -2.24. The monoisotopic (exact) mass is 359 g/mol. The highest BCUT2D eigenvalue weighted by molar-refractivity contribution is 5.89. The van der Waals surface area contributed by atoms with Gasteiger partial charge in [0.25, 0.3) is 0 Å². The quantitative estimate of drug-likeness (QED) is 0.761. The molecule has 1 fully saturated rings. The van der Waals surface area contributed by atoms with E-state index in [2.05, 4.69) is 25.2 Å². The van der Waals surface area contributed by atoms with Crippen molar-refractivity contribution >= 4 is 17.7 Å². The number of esters is 1. The number of hydrogen-bond acceptors (Lipinski definition) is 4. The fourth-order valence-corrected chi connectivity index (χ4v) is 4.15. The molecule has 1 aromatic carbocycles. The maximum Gasteiger partial charge on any atom is 0.412 e. The molecule has 1 aromatic rings. The van der Waals surface area contributed by atoms with E-state index in [0.29, 0.717) is 0 Å². The van der Waals surface area contributed by atoms with Crippen LogP contribution in [0.5, 0.6) is 0 Å². The van der Waals surface area contributed by atoms with Crippen LogP contribution >= 0.6 is 0 Å². The Labute approximate surface area is 155 Å². The normalized spacial score (nSPS) is 16.4. The number of carbonyl (C=O) groups is 2. The van der Waals surface area contributed by atoms with Crippen LogP contribution in [-0.4, -0.2) is 24.8 Å². The van der Waals surface area contributed by atoms with E-state index in [-0.39, 0.29) is 12.7 Å². The maximum absolute atomic E-state index is 12.3. The number of aryl methyl sites for hydroxylation is 2. The number of carbonyl (C=O) groups excluding carboxylic acids is 2. The zero-order chi connectivity index (χ0) is 18.5. The molecule has 1 saturated carbocycles. The minimum atomic E-state index is -0.578. The molecule has 0 atom stereocenters. The van der Waals surface area contributed by atoms with E-state index < -0.39 is 12.1 Å². The molecule has 142 valence electrons. The summed E-state index contributed by atoms with van der Waals surface area (Å²) in [6, 6.07) is 2.25. The summed E-state index contributed by atoms with van der Waals surface area (Å²) in [7, 11) is 0. The van der Waals surface area contributed by atoms with E-state index in [1.807, 2.05) is 0 Å². The van der Waals surface area contributed by atoms with Gasteiger partial charge in [0.1, 0.15) is 6.10 Å². The number of rotatable bonds is 6. The molecule has 1 N–H and O–H groups in total. The van der Waals surface area contributed by atoms with Gasteiger partial charge in [-0.05, 0) is 80.5 Å². The third-order valence-corrected chi connectivity index (χ3v) is 5.38. The molecule has 0 saturated heterocycles. The van der Waals surface area contributed by atoms with E-state index in [1.165, 1.54) is 22.3 Å². The molecule has 0 aromatic heterocycles. The Morgan fingerprint density at radius 1 is 1.19 bits per heavy atom. The highest BCUT2D eigenvalue weighted by Crippen LogP contribution is 2.35. The summed E-state index contributed by atoms with van der Waals surface area (Å²) < 4.78 is 10.4. The summed E-state index contributed by atoms with van der Waals surface area (Å²) in [5.41, 5.74) is 5.83. The summed E-state index contributed by atoms with van der Waals surface area (Å²) in [5, 5.41) is 2.92. The number of benzene rings is 1. The smallest absolute Gasteiger partial charge is 0.412 e. The Bertz CT molecular complexity index is 677. The fourth-order valence-electron chi connectivity index (χ4n) is 4.15. The molecule has 0 aliphatic heterocycles. The lowest BCUT2D eigenvalue weighted by Gasteiger charge is -2.18. The van der Waals surface area contributed by atoms with E-state index in [0.717, 1.165) is 63.5 Å². The van der Waals surface area contributed by atoms with E-state index >= 15 is 0 Å². The molecule has 26 heavy (non-hydrogen) atoms. The summed E-state index contributed by atoms with van der Waals surface area (Å²) in [5.74, 6) is -0.463. The predicted octanol–water partition coefficient (Wildman–Crippen LogP) is 4.47. The Balaban J connectivity index is 1.62. The zero-order valence-corrected chi connectivity index (χ0v) is 15.9. The minimum Gasteiger partial charge on any atom is -0.460 e. The van der Waals surface area contributed by atoms with E-state index in [1.54, 1.807) is 0 Å². The van der Waals surface area contributed by atoms with Crippen LogP contribution in [0.25, 0.3) is 0 Å². The van der Waals surface area contributed by atoms with Gasteiger partial charge in [-0.25, -0.2) is 9.59 Å². The largest absolute Gasteiger partial charge is 0.460 e. The van der Waals surface area contributed by atoms with Gasteiger partial charge in [-0.15, -0.1) is 0 Å². The Morgan fingerprint density at radius 3 is 2.69 bits per heavy atom. The summed E-state index contributed by atoms with van der Waals surface area (Å²) in [4.78, 5) is 24.1. The third kappa shape index (κ3) is 4.37. The lowest BCUT2D eigenvalue weighted by molar-refractivity contribution is -0.151. The van der Waals surface area contributed by atoms with Crippen molar-refractivity contribution in [3.8, 4) is 0 Å². The summed E-state index contributed by atoms with van der Waals surface area (Å²) in [6.07, 6.45) is 8.50. The van der Waals surface area contributed by atoms with E-state index in [4.69, 9.17) is 9.47 Å². The van der Waals surface area contributed by atoms with Gasteiger partial charge in [-0.3, -0.25) is 5.32 Å². The molecule has 5 heteroatoms. The maximum atomic E-state index is 12.3. The van der Waals surface area contributed by atoms with Crippen molar-refractivity contribution < 1.29 is 19.1 Å². The van der Waals surface area contributed by atoms with Crippen LogP contribution in [0.1, 0.15) is 67.7 Å². The summed E-state index contributed by atoms with van der Waals surface area (Å²) >= 11 is 0. The molecule has 0 unspecified atom stereocenters. The van der Waals surface area contributed by atoms with Crippen LogP contribution in [-0.2, 0) is 33.5 Å². The molecule has 3 rings (SSSR count). The first-order chi connectivity index (χ1) is 12.6. The van der Waals surface area contributed by atoms with Crippen LogP contribution in [0.3, 0.4) is 0 Å². The van der Waals surface area contributed by atoms with Gasteiger partial charge in [0, 0.05) is 0 Å². The van der Waals surface area contributed by atoms with Crippen molar-refractivity contribution in [2.75, 3.05) is 11.9 Å². The molecule has 2 aliphatic carbocycles. The topological polar surface area (TPSA) is 64.6 Å². The lowest BCUT2D eigenvalue weighted by atomic mass is 9.95. The number of ether oxygens (including phenoxy) is 2. The van der Waals surface area contributed by atoms with Crippen LogP contribution in [0, 0.1) is 6.92 Å². The van der Waals surface area contributed by atoms with Crippen LogP contribution in [0.15, 0.2) is 6.07 Å². The van der Waals surface area contributed by atoms with Crippen molar-refractivity contribution in [1.82, 2.24) is 0 Å². The molecule has 0 bridgehead atoms. The first kappa shape index (κ1) is 18.7. The average Bonchev–Trinajstić information content (AvgIpc) is 3.27. The highest BCUT2D eigenvalue weighted by atomic mass is 16.6. The summed E-state index contributed by atoms with van der Waals surface area (Å²) in [6.45, 7) is 3.90. The van der Waals surface area contributed by atoms with Gasteiger partial charge >= 0.3 is 12.1 Å². The Morgan fingerprint density at radius 2 is 1.96 bits per heavy atom. The molecule has 0 spiro atoms. The fraction of sp³-hybridized carbons (Fsp3) is 0.619. The number of amides is 1. The molecule has 0 radical (unpaired) electrons. The second-order valence-corrected chi connectivity index (χ2v) is 7.39. The molecule has 1 amide bonds. The van der Waals surface area contributed by atoms with Crippen LogP contribution < -0.4 is 5.32 Å². The standard InChI is InChI=1S/C21H29NO4/c1-3-7-17-14(2)12-15-8-6-11-18(15)20(17)22-21(24)25-13-19(23)26-16-9-4-5-10-16/h12,16H,3-11,13H2,1-2H3,(H,22,24). The van der Waals surface area contributed by atoms with Crippen molar-refractivity contribution in [2.24, 2.45) is 0 Å². The second-order valence-electron chi connectivity index (χ2n) is 7.39. The van der Waals surface area contributed by atoms with Crippen LogP contribution in [0.2, 0.25) is 0 Å². The highest BCUT2D eigenvalue weighted by Gasteiger charge is 2.23. The number of anilines is 1. The van der Waals surface area contributed by atoms with Gasteiger partial charge in [-0.1, -0.05) is 19.4 Å². The molecular weight excluding hydrogens is 330 g/mol. The Kier molecular flexibility index (Phi) is 6.17. The number of fused-ring (bicyclic) bond motifs is 1. The zero-order valence-electron chi connectivity index (χ0n) is 15.9. The molecule has 0 heterocycles. The first-order valence-corrected chi connectivity index (χ1v) is 9.86. The molecule has 2 aliphatic rings. The van der Waals surface area contributed by atoms with Crippen LogP contribution in [0.4, 0.5) is 10.5 Å². The van der Waals surface area contributed by atoms with Gasteiger partial charge in [0.2, 0.25) is 0 Å². The van der Waals surface area contributed by atoms with Crippen molar-refractivity contribution in [3.05, 3.63) is 28.3 Å². The van der Waals surface area contributed by atoms with Gasteiger partial charge in [-0.2, -0.15) is 0 Å².